The van der Waals surface area contributed by atoms with E-state index in [0.717, 1.165) is 6.42 Å². The maximum atomic E-state index is 12.1. The van der Waals surface area contributed by atoms with E-state index in [1.165, 1.54) is 11.3 Å². The molecule has 1 aliphatic heterocycles. The van der Waals surface area contributed by atoms with E-state index >= 15 is 0 Å². The fraction of sp³-hybridized carbons (Fsp3) is 0.545. The molecule has 1 aromatic heterocycles. The van der Waals surface area contributed by atoms with Gasteiger partial charge in [0.2, 0.25) is 0 Å². The standard InChI is InChI=1S/C11H14ClNO2S/c1-7(14)8-2-4-13(6-8)11(15)10-9(12)3-5-16-10/h3,5,7-8,14H,2,4,6H2,1H3. The van der Waals surface area contributed by atoms with E-state index in [-0.39, 0.29) is 17.9 Å². The highest BCUT2D eigenvalue weighted by Gasteiger charge is 2.30. The molecular weight excluding hydrogens is 246 g/mol. The van der Waals surface area contributed by atoms with Gasteiger partial charge in [-0.25, -0.2) is 0 Å². The minimum absolute atomic E-state index is 0.0110. The molecule has 1 amide bonds. The molecule has 3 nitrogen and oxygen atoms in total. The van der Waals surface area contributed by atoms with Gasteiger partial charge in [0.15, 0.2) is 0 Å². The summed E-state index contributed by atoms with van der Waals surface area (Å²) < 4.78 is 0. The number of thiophene rings is 1. The molecule has 0 aromatic carbocycles. The second-order valence-electron chi connectivity index (χ2n) is 4.14. The number of carbonyl (C=O) groups is 1. The largest absolute Gasteiger partial charge is 0.393 e. The number of amides is 1. The van der Waals surface area contributed by atoms with Crippen molar-refractivity contribution in [2.45, 2.75) is 19.4 Å². The highest BCUT2D eigenvalue weighted by atomic mass is 35.5. The Balaban J connectivity index is 2.05. The average molecular weight is 260 g/mol. The summed E-state index contributed by atoms with van der Waals surface area (Å²) in [6, 6.07) is 1.74. The summed E-state index contributed by atoms with van der Waals surface area (Å²) in [5, 5.41) is 11.8. The van der Waals surface area contributed by atoms with E-state index in [1.807, 2.05) is 5.38 Å². The summed E-state index contributed by atoms with van der Waals surface area (Å²) in [4.78, 5) is 14.4. The Morgan fingerprint density at radius 3 is 3.00 bits per heavy atom. The fourth-order valence-corrected chi connectivity index (χ4v) is 3.06. The van der Waals surface area contributed by atoms with Crippen LogP contribution in [0.2, 0.25) is 5.02 Å². The number of rotatable bonds is 2. The van der Waals surface area contributed by atoms with Gasteiger partial charge in [-0.1, -0.05) is 11.6 Å². The summed E-state index contributed by atoms with van der Waals surface area (Å²) in [7, 11) is 0. The Bertz CT molecular complexity index is 391. The van der Waals surface area contributed by atoms with Crippen LogP contribution in [0.4, 0.5) is 0 Å². The van der Waals surface area contributed by atoms with E-state index in [2.05, 4.69) is 0 Å². The van der Waals surface area contributed by atoms with Crippen LogP contribution in [0.5, 0.6) is 0 Å². The molecule has 1 saturated heterocycles. The van der Waals surface area contributed by atoms with Crippen LogP contribution in [0.15, 0.2) is 11.4 Å². The van der Waals surface area contributed by atoms with Crippen LogP contribution >= 0.6 is 22.9 Å². The summed E-state index contributed by atoms with van der Waals surface area (Å²) in [6.45, 7) is 3.12. The molecule has 0 radical (unpaired) electrons. The Morgan fingerprint density at radius 2 is 2.50 bits per heavy atom. The third-order valence-electron chi connectivity index (χ3n) is 3.01. The summed E-state index contributed by atoms with van der Waals surface area (Å²) in [5.74, 6) is 0.186. The lowest BCUT2D eigenvalue weighted by Gasteiger charge is -2.17. The zero-order valence-corrected chi connectivity index (χ0v) is 10.6. The number of hydrogen-bond donors (Lipinski definition) is 1. The SMILES string of the molecule is CC(O)C1CCN(C(=O)c2sccc2Cl)C1. The van der Waals surface area contributed by atoms with Gasteiger partial charge >= 0.3 is 0 Å². The van der Waals surface area contributed by atoms with Crippen LogP contribution in [0.1, 0.15) is 23.0 Å². The first kappa shape index (κ1) is 11.9. The molecule has 2 unspecified atom stereocenters. The second kappa shape index (κ2) is 4.73. The van der Waals surface area contributed by atoms with Crippen molar-refractivity contribution in [2.75, 3.05) is 13.1 Å². The van der Waals surface area contributed by atoms with Crippen LogP contribution in [0, 0.1) is 5.92 Å². The third-order valence-corrected chi connectivity index (χ3v) is 4.33. The normalized spacial score (nSPS) is 22.4. The average Bonchev–Trinajstić information content (AvgIpc) is 2.84. The first-order chi connectivity index (χ1) is 7.59. The third kappa shape index (κ3) is 2.24. The number of aliphatic hydroxyl groups excluding tert-OH is 1. The number of halogens is 1. The van der Waals surface area contributed by atoms with Crippen molar-refractivity contribution in [1.82, 2.24) is 4.90 Å². The van der Waals surface area contributed by atoms with Gasteiger partial charge in [0.25, 0.3) is 5.91 Å². The zero-order valence-electron chi connectivity index (χ0n) is 9.02. The molecular formula is C11H14ClNO2S. The summed E-state index contributed by atoms with van der Waals surface area (Å²) in [6.07, 6.45) is 0.517. The van der Waals surface area contributed by atoms with Crippen molar-refractivity contribution in [2.24, 2.45) is 5.92 Å². The predicted molar refractivity (Wildman–Crippen MR) is 65.0 cm³/mol. The van der Waals surface area contributed by atoms with E-state index in [1.54, 1.807) is 17.9 Å². The van der Waals surface area contributed by atoms with Gasteiger partial charge in [-0.3, -0.25) is 4.79 Å². The van der Waals surface area contributed by atoms with Gasteiger partial charge in [-0.2, -0.15) is 0 Å². The Labute approximate surface area is 104 Å². The fourth-order valence-electron chi connectivity index (χ4n) is 1.96. The molecule has 2 atom stereocenters. The molecule has 2 rings (SSSR count). The van der Waals surface area contributed by atoms with Crippen molar-refractivity contribution in [3.8, 4) is 0 Å². The first-order valence-electron chi connectivity index (χ1n) is 5.30. The van der Waals surface area contributed by atoms with Crippen LogP contribution in [0.3, 0.4) is 0 Å². The summed E-state index contributed by atoms with van der Waals surface area (Å²) >= 11 is 7.29. The lowest BCUT2D eigenvalue weighted by atomic mass is 10.0. The molecule has 1 N–H and O–H groups in total. The van der Waals surface area contributed by atoms with E-state index in [9.17, 15) is 9.90 Å². The Hall–Kier alpha value is -0.580. The molecule has 5 heteroatoms. The van der Waals surface area contributed by atoms with Gasteiger partial charge in [0.05, 0.1) is 11.1 Å². The highest BCUT2D eigenvalue weighted by Crippen LogP contribution is 2.27. The molecule has 1 aromatic rings. The molecule has 1 fully saturated rings. The predicted octanol–water partition coefficient (Wildman–Crippen LogP) is 2.24. The van der Waals surface area contributed by atoms with Gasteiger partial charge in [0.1, 0.15) is 4.88 Å². The molecule has 2 heterocycles. The number of hydrogen-bond acceptors (Lipinski definition) is 3. The molecule has 0 spiro atoms. The van der Waals surface area contributed by atoms with Crippen LogP contribution in [-0.2, 0) is 0 Å². The first-order valence-corrected chi connectivity index (χ1v) is 6.55. The molecule has 0 bridgehead atoms. The van der Waals surface area contributed by atoms with Crippen molar-refractivity contribution in [3.05, 3.63) is 21.3 Å². The Kier molecular flexibility index (Phi) is 3.52. The number of aliphatic hydroxyl groups is 1. The highest BCUT2D eigenvalue weighted by molar-refractivity contribution is 7.12. The van der Waals surface area contributed by atoms with Crippen molar-refractivity contribution >= 4 is 28.8 Å². The smallest absolute Gasteiger partial charge is 0.265 e. The summed E-state index contributed by atoms with van der Waals surface area (Å²) in [5.41, 5.74) is 0. The molecule has 0 aliphatic carbocycles. The monoisotopic (exact) mass is 259 g/mol. The van der Waals surface area contributed by atoms with Crippen LogP contribution < -0.4 is 0 Å². The number of likely N-dealkylation sites (tertiary alicyclic amines) is 1. The van der Waals surface area contributed by atoms with Gasteiger partial charge in [-0.05, 0) is 24.8 Å². The minimum Gasteiger partial charge on any atom is -0.393 e. The lowest BCUT2D eigenvalue weighted by molar-refractivity contribution is 0.0767. The minimum atomic E-state index is -0.350. The molecule has 0 saturated carbocycles. The molecule has 88 valence electrons. The van der Waals surface area contributed by atoms with Crippen LogP contribution in [0.25, 0.3) is 0 Å². The topological polar surface area (TPSA) is 40.5 Å². The quantitative estimate of drug-likeness (QED) is 0.885. The van der Waals surface area contributed by atoms with Crippen molar-refractivity contribution in [3.63, 3.8) is 0 Å². The number of nitrogens with zero attached hydrogens (tertiary/aromatic N) is 1. The molecule has 1 aliphatic rings. The number of carbonyl (C=O) groups excluding carboxylic acids is 1. The van der Waals surface area contributed by atoms with Crippen molar-refractivity contribution in [1.29, 1.82) is 0 Å². The lowest BCUT2D eigenvalue weighted by Crippen LogP contribution is -2.30. The van der Waals surface area contributed by atoms with E-state index in [4.69, 9.17) is 11.6 Å². The van der Waals surface area contributed by atoms with Gasteiger partial charge < -0.3 is 10.0 Å². The van der Waals surface area contributed by atoms with Gasteiger partial charge in [-0.15, -0.1) is 11.3 Å². The van der Waals surface area contributed by atoms with E-state index in [0.29, 0.717) is 23.0 Å². The maximum Gasteiger partial charge on any atom is 0.265 e. The maximum absolute atomic E-state index is 12.1. The van der Waals surface area contributed by atoms with Crippen molar-refractivity contribution < 1.29 is 9.90 Å². The zero-order chi connectivity index (χ0) is 11.7. The Morgan fingerprint density at radius 1 is 1.75 bits per heavy atom. The van der Waals surface area contributed by atoms with E-state index < -0.39 is 0 Å². The van der Waals surface area contributed by atoms with Crippen LogP contribution in [-0.4, -0.2) is 35.1 Å². The second-order valence-corrected chi connectivity index (χ2v) is 5.46. The molecule has 16 heavy (non-hydrogen) atoms. The van der Waals surface area contributed by atoms with Gasteiger partial charge in [0, 0.05) is 19.0 Å².